The highest BCUT2D eigenvalue weighted by atomic mass is 32.2. The molecule has 2 unspecified atom stereocenters. The van der Waals surface area contributed by atoms with Crippen LogP contribution in [0.3, 0.4) is 0 Å². The van der Waals surface area contributed by atoms with Gasteiger partial charge in [0.1, 0.15) is 11.9 Å². The smallest absolute Gasteiger partial charge is 0.416 e. The number of ether oxygens (including phenoxy) is 2. The highest BCUT2D eigenvalue weighted by Gasteiger charge is 2.34. The van der Waals surface area contributed by atoms with Crippen LogP contribution in [0, 0.1) is 0 Å². The van der Waals surface area contributed by atoms with Gasteiger partial charge in [-0.25, -0.2) is 23.1 Å². The number of aryl methyl sites for hydroxylation is 1. The Morgan fingerprint density at radius 1 is 1.03 bits per heavy atom. The first kappa shape index (κ1) is 23.6. The van der Waals surface area contributed by atoms with Crippen LogP contribution in [0.1, 0.15) is 41.0 Å². The molecule has 2 aromatic carbocycles. The molecule has 11 heteroatoms. The molecule has 0 spiro atoms. The van der Waals surface area contributed by atoms with E-state index in [0.29, 0.717) is 38.0 Å². The molecule has 0 saturated carbocycles. The van der Waals surface area contributed by atoms with E-state index in [9.17, 15) is 21.6 Å². The zero-order chi connectivity index (χ0) is 24.6. The Bertz CT molecular complexity index is 1330. The van der Waals surface area contributed by atoms with E-state index < -0.39 is 21.8 Å². The van der Waals surface area contributed by atoms with Crippen LogP contribution >= 0.6 is 0 Å². The average molecular weight is 506 g/mol. The summed E-state index contributed by atoms with van der Waals surface area (Å²) in [5.41, 5.74) is 1.56. The van der Waals surface area contributed by atoms with Crippen molar-refractivity contribution in [3.05, 3.63) is 77.1 Å². The first-order chi connectivity index (χ1) is 16.7. The van der Waals surface area contributed by atoms with Crippen LogP contribution in [0.4, 0.5) is 19.1 Å². The number of aromatic nitrogens is 2. The van der Waals surface area contributed by atoms with Gasteiger partial charge in [-0.15, -0.1) is 0 Å². The summed E-state index contributed by atoms with van der Waals surface area (Å²) < 4.78 is 79.4. The van der Waals surface area contributed by atoms with Crippen LogP contribution in [0.2, 0.25) is 0 Å². The second-order valence-corrected chi connectivity index (χ2v) is 10.2. The Hall–Kier alpha value is -3.18. The molecule has 184 valence electrons. The minimum atomic E-state index is -4.49. The maximum atomic E-state index is 13.4. The minimum Gasteiger partial charge on any atom is -0.488 e. The summed E-state index contributed by atoms with van der Waals surface area (Å²) in [6.45, 7) is 0.834. The number of halogens is 3. The van der Waals surface area contributed by atoms with Crippen molar-refractivity contribution in [2.45, 2.75) is 42.4 Å². The molecule has 7 nitrogen and oxygen atoms in total. The lowest BCUT2D eigenvalue weighted by Crippen LogP contribution is -2.18. The monoisotopic (exact) mass is 505 g/mol. The summed E-state index contributed by atoms with van der Waals surface area (Å²) in [4.78, 5) is 7.84. The molecule has 3 aromatic rings. The minimum absolute atomic E-state index is 0.0340. The van der Waals surface area contributed by atoms with Gasteiger partial charge in [-0.2, -0.15) is 13.2 Å². The highest BCUT2D eigenvalue weighted by Crippen LogP contribution is 2.44. The zero-order valence-corrected chi connectivity index (χ0v) is 19.3. The molecular formula is C24H22F3N3O4S. The van der Waals surface area contributed by atoms with Gasteiger partial charge in [-0.1, -0.05) is 12.1 Å². The van der Waals surface area contributed by atoms with Crippen molar-refractivity contribution in [2.75, 3.05) is 17.9 Å². The molecule has 1 aliphatic carbocycles. The van der Waals surface area contributed by atoms with E-state index in [1.54, 1.807) is 18.2 Å². The summed E-state index contributed by atoms with van der Waals surface area (Å²) >= 11 is 0. The molecule has 5 rings (SSSR count). The van der Waals surface area contributed by atoms with Crippen molar-refractivity contribution in [1.29, 1.82) is 0 Å². The van der Waals surface area contributed by atoms with Crippen LogP contribution in [-0.4, -0.2) is 37.7 Å². The lowest BCUT2D eigenvalue weighted by molar-refractivity contribution is -0.137. The highest BCUT2D eigenvalue weighted by molar-refractivity contribution is 7.92. The predicted octanol–water partition coefficient (Wildman–Crippen LogP) is 4.54. The number of hydrogen-bond acceptors (Lipinski definition) is 6. The van der Waals surface area contributed by atoms with Gasteiger partial charge in [0.15, 0.2) is 0 Å². The summed E-state index contributed by atoms with van der Waals surface area (Å²) in [5.74, 6) is -0.0622. The largest absolute Gasteiger partial charge is 0.488 e. The van der Waals surface area contributed by atoms with Gasteiger partial charge in [0, 0.05) is 30.3 Å². The zero-order valence-electron chi connectivity index (χ0n) is 18.5. The van der Waals surface area contributed by atoms with E-state index in [0.717, 1.165) is 23.3 Å². The third-order valence-corrected chi connectivity index (χ3v) is 7.52. The van der Waals surface area contributed by atoms with Gasteiger partial charge in [0.2, 0.25) is 5.95 Å². The third-order valence-electron chi connectivity index (χ3n) is 6.19. The Morgan fingerprint density at radius 3 is 2.51 bits per heavy atom. The number of nitrogens with one attached hydrogen (secondary N) is 1. The van der Waals surface area contributed by atoms with E-state index in [-0.39, 0.29) is 28.6 Å². The molecule has 1 aliphatic heterocycles. The first-order valence-corrected chi connectivity index (χ1v) is 12.6. The number of rotatable bonds is 6. The van der Waals surface area contributed by atoms with Gasteiger partial charge in [-0.05, 0) is 54.3 Å². The Kier molecular flexibility index (Phi) is 6.14. The van der Waals surface area contributed by atoms with E-state index >= 15 is 0 Å². The number of hydrogen-bond donors (Lipinski definition) is 1. The third kappa shape index (κ3) is 4.96. The second kappa shape index (κ2) is 9.12. The quantitative estimate of drug-likeness (QED) is 0.529. The molecule has 1 fully saturated rings. The maximum Gasteiger partial charge on any atom is 0.416 e. The van der Waals surface area contributed by atoms with E-state index in [1.165, 1.54) is 24.5 Å². The van der Waals surface area contributed by atoms with Gasteiger partial charge in [-0.3, -0.25) is 0 Å². The van der Waals surface area contributed by atoms with Crippen molar-refractivity contribution in [2.24, 2.45) is 0 Å². The van der Waals surface area contributed by atoms with Crippen LogP contribution < -0.4 is 9.46 Å². The first-order valence-electron chi connectivity index (χ1n) is 11.1. The molecule has 1 saturated heterocycles. The molecule has 0 amide bonds. The van der Waals surface area contributed by atoms with Crippen LogP contribution in [0.25, 0.3) is 0 Å². The number of benzene rings is 2. The number of anilines is 1. The van der Waals surface area contributed by atoms with Gasteiger partial charge >= 0.3 is 6.18 Å². The molecule has 2 atom stereocenters. The fraction of sp³-hybridized carbons (Fsp3) is 0.333. The maximum absolute atomic E-state index is 13.4. The SMILES string of the molecule is O=S(=O)(Nc1ncccn1)c1ccc2c(c1)CCC2c1ccc(C(F)(F)F)cc1OC1CCOC1. The number of sulfonamides is 1. The summed E-state index contributed by atoms with van der Waals surface area (Å²) in [6, 6.07) is 9.95. The molecule has 2 aliphatic rings. The van der Waals surface area contributed by atoms with Crippen LogP contribution in [0.5, 0.6) is 5.75 Å². The molecular weight excluding hydrogens is 483 g/mol. The fourth-order valence-electron chi connectivity index (χ4n) is 4.50. The Morgan fingerprint density at radius 2 is 1.80 bits per heavy atom. The summed E-state index contributed by atoms with van der Waals surface area (Å²) in [5, 5.41) is 0. The lowest BCUT2D eigenvalue weighted by atomic mass is 9.91. The molecule has 0 radical (unpaired) electrons. The normalized spacial score (nSPS) is 20.0. The molecule has 1 aromatic heterocycles. The van der Waals surface area contributed by atoms with Crippen molar-refractivity contribution in [3.63, 3.8) is 0 Å². The number of fused-ring (bicyclic) bond motifs is 1. The van der Waals surface area contributed by atoms with Crippen molar-refractivity contribution in [1.82, 2.24) is 9.97 Å². The van der Waals surface area contributed by atoms with Crippen LogP contribution in [-0.2, 0) is 27.4 Å². The summed E-state index contributed by atoms with van der Waals surface area (Å²) in [7, 11) is -3.90. The topological polar surface area (TPSA) is 90.4 Å². The predicted molar refractivity (Wildman–Crippen MR) is 121 cm³/mol. The summed E-state index contributed by atoms with van der Waals surface area (Å²) in [6.07, 6.45) is -0.128. The Balaban J connectivity index is 1.46. The van der Waals surface area contributed by atoms with Gasteiger partial charge in [0.05, 0.1) is 23.7 Å². The van der Waals surface area contributed by atoms with Gasteiger partial charge < -0.3 is 9.47 Å². The standard InChI is InChI=1S/C24H22F3N3O4S/c25-24(26,27)16-3-6-21(22(13-16)34-17-8-11-33-14-17)20-5-2-15-12-18(4-7-19(15)20)35(31,32)30-23-28-9-1-10-29-23/h1,3-4,6-7,9-10,12-13,17,20H,2,5,8,11,14H2,(H,28,29,30). The van der Waals surface area contributed by atoms with E-state index in [1.807, 2.05) is 0 Å². The fourth-order valence-corrected chi connectivity index (χ4v) is 5.51. The molecule has 1 N–H and O–H groups in total. The molecule has 0 bridgehead atoms. The molecule has 2 heterocycles. The lowest BCUT2D eigenvalue weighted by Gasteiger charge is -2.21. The van der Waals surface area contributed by atoms with Crippen molar-refractivity contribution in [3.8, 4) is 5.75 Å². The Labute approximate surface area is 200 Å². The number of alkyl halides is 3. The van der Waals surface area contributed by atoms with E-state index in [2.05, 4.69) is 14.7 Å². The second-order valence-electron chi connectivity index (χ2n) is 8.48. The van der Waals surface area contributed by atoms with E-state index in [4.69, 9.17) is 9.47 Å². The van der Waals surface area contributed by atoms with Crippen molar-refractivity contribution >= 4 is 16.0 Å². The van der Waals surface area contributed by atoms with Gasteiger partial charge in [0.25, 0.3) is 10.0 Å². The van der Waals surface area contributed by atoms with Crippen LogP contribution in [0.15, 0.2) is 59.8 Å². The average Bonchev–Trinajstić information content (AvgIpc) is 3.48. The number of nitrogens with zero attached hydrogens (tertiary/aromatic N) is 2. The molecule has 35 heavy (non-hydrogen) atoms. The van der Waals surface area contributed by atoms with Crippen molar-refractivity contribution < 1.29 is 31.1 Å².